The molecule has 1 aromatic carbocycles. The number of H-pyrrole nitrogens is 1. The Hall–Kier alpha value is -2.57. The van der Waals surface area contributed by atoms with E-state index in [1.54, 1.807) is 0 Å². The molecule has 0 radical (unpaired) electrons. The van der Waals surface area contributed by atoms with Gasteiger partial charge in [0.15, 0.2) is 5.69 Å². The van der Waals surface area contributed by atoms with Crippen LogP contribution in [0.1, 0.15) is 23.3 Å². The number of carbonyl (C=O) groups excluding carboxylic acids is 2. The quantitative estimate of drug-likeness (QED) is 0.895. The Bertz CT molecular complexity index is 763. The maximum Gasteiger partial charge on any atom is 0.317 e. The first-order valence-corrected chi connectivity index (χ1v) is 8.47. The van der Waals surface area contributed by atoms with E-state index < -0.39 is 0 Å². The lowest BCUT2D eigenvalue weighted by Crippen LogP contribution is -2.42. The molecule has 2 aliphatic rings. The number of rotatable bonds is 3. The molecule has 0 spiro atoms. The molecule has 2 saturated heterocycles. The van der Waals surface area contributed by atoms with Crippen molar-refractivity contribution in [2.45, 2.75) is 12.8 Å². The highest BCUT2D eigenvalue weighted by molar-refractivity contribution is 6.04. The maximum atomic E-state index is 12.7. The molecule has 0 atom stereocenters. The second-order valence-corrected chi connectivity index (χ2v) is 6.53. The number of piperidine rings is 1. The topological polar surface area (TPSA) is 81.3 Å². The number of aromatic nitrogens is 2. The van der Waals surface area contributed by atoms with Crippen molar-refractivity contribution in [2.24, 2.45) is 5.92 Å². The average Bonchev–Trinajstić information content (AvgIpc) is 3.21. The predicted octanol–water partition coefficient (Wildman–Crippen LogP) is 1.44. The fraction of sp³-hybridized carbons (Fsp3) is 0.471. The normalized spacial score (nSPS) is 19.1. The Morgan fingerprint density at radius 1 is 1.21 bits per heavy atom. The molecule has 3 heterocycles. The van der Waals surface area contributed by atoms with Crippen LogP contribution in [-0.4, -0.2) is 64.7 Å². The van der Waals surface area contributed by atoms with Crippen molar-refractivity contribution in [3.8, 4) is 0 Å². The summed E-state index contributed by atoms with van der Waals surface area (Å²) in [4.78, 5) is 28.1. The van der Waals surface area contributed by atoms with E-state index in [-0.39, 0.29) is 11.9 Å². The van der Waals surface area contributed by atoms with Gasteiger partial charge in [-0.15, -0.1) is 0 Å². The Morgan fingerprint density at radius 2 is 2.00 bits per heavy atom. The molecule has 7 nitrogen and oxygen atoms in total. The van der Waals surface area contributed by atoms with Crippen molar-refractivity contribution in [3.05, 3.63) is 30.0 Å². The highest BCUT2D eigenvalue weighted by atomic mass is 16.2. The van der Waals surface area contributed by atoms with Gasteiger partial charge in [-0.25, -0.2) is 4.79 Å². The number of nitrogens with one attached hydrogen (secondary N) is 2. The summed E-state index contributed by atoms with van der Waals surface area (Å²) in [6.45, 7) is 3.76. The predicted molar refractivity (Wildman–Crippen MR) is 89.7 cm³/mol. The molecule has 7 heteroatoms. The molecule has 2 fully saturated rings. The smallest absolute Gasteiger partial charge is 0.317 e. The Kier molecular flexibility index (Phi) is 3.84. The molecule has 24 heavy (non-hydrogen) atoms. The van der Waals surface area contributed by atoms with Gasteiger partial charge in [-0.2, -0.15) is 5.10 Å². The molecule has 0 bridgehead atoms. The fourth-order valence-electron chi connectivity index (χ4n) is 3.59. The van der Waals surface area contributed by atoms with E-state index in [0.29, 0.717) is 11.6 Å². The van der Waals surface area contributed by atoms with Crippen LogP contribution in [0.25, 0.3) is 10.9 Å². The maximum absolute atomic E-state index is 12.7. The number of hydrogen-bond acceptors (Lipinski definition) is 3. The van der Waals surface area contributed by atoms with E-state index in [1.807, 2.05) is 34.1 Å². The van der Waals surface area contributed by atoms with Gasteiger partial charge in [-0.3, -0.25) is 9.89 Å². The van der Waals surface area contributed by atoms with E-state index in [4.69, 9.17) is 0 Å². The van der Waals surface area contributed by atoms with E-state index >= 15 is 0 Å². The molecule has 1 aromatic heterocycles. The summed E-state index contributed by atoms with van der Waals surface area (Å²) in [5.41, 5.74) is 1.39. The Morgan fingerprint density at radius 3 is 2.75 bits per heavy atom. The van der Waals surface area contributed by atoms with Crippen molar-refractivity contribution in [1.29, 1.82) is 0 Å². The van der Waals surface area contributed by atoms with Gasteiger partial charge in [0, 0.05) is 38.1 Å². The minimum absolute atomic E-state index is 0.00943. The summed E-state index contributed by atoms with van der Waals surface area (Å²) in [6, 6.07) is 7.73. The zero-order valence-electron chi connectivity index (χ0n) is 13.5. The van der Waals surface area contributed by atoms with E-state index in [9.17, 15) is 9.59 Å². The first-order chi connectivity index (χ1) is 11.7. The van der Waals surface area contributed by atoms with Crippen LogP contribution in [0.2, 0.25) is 0 Å². The number of hydrogen-bond donors (Lipinski definition) is 2. The van der Waals surface area contributed by atoms with Gasteiger partial charge in [0.1, 0.15) is 0 Å². The number of likely N-dealkylation sites (tertiary alicyclic amines) is 1. The zero-order valence-corrected chi connectivity index (χ0v) is 13.5. The van der Waals surface area contributed by atoms with E-state index in [1.165, 1.54) is 0 Å². The minimum atomic E-state index is -0.00943. The Labute approximate surface area is 140 Å². The van der Waals surface area contributed by atoms with Crippen molar-refractivity contribution >= 4 is 22.8 Å². The van der Waals surface area contributed by atoms with Gasteiger partial charge in [0.05, 0.1) is 5.52 Å². The SMILES string of the molecule is O=C1NCCN1CC1CCN(C(=O)c2n[nH]c3ccccc23)CC1. The summed E-state index contributed by atoms with van der Waals surface area (Å²) in [6.07, 6.45) is 1.86. The van der Waals surface area contributed by atoms with Crippen LogP contribution in [-0.2, 0) is 0 Å². The van der Waals surface area contributed by atoms with Crippen molar-refractivity contribution in [2.75, 3.05) is 32.7 Å². The summed E-state index contributed by atoms with van der Waals surface area (Å²) in [7, 11) is 0. The van der Waals surface area contributed by atoms with Crippen molar-refractivity contribution in [3.63, 3.8) is 0 Å². The van der Waals surface area contributed by atoms with Gasteiger partial charge < -0.3 is 15.1 Å². The molecule has 4 rings (SSSR count). The third-order valence-corrected chi connectivity index (χ3v) is 5.00. The molecule has 0 unspecified atom stereocenters. The van der Waals surface area contributed by atoms with Gasteiger partial charge >= 0.3 is 6.03 Å². The van der Waals surface area contributed by atoms with Crippen LogP contribution in [0, 0.1) is 5.92 Å². The number of urea groups is 1. The average molecular weight is 327 g/mol. The lowest BCUT2D eigenvalue weighted by molar-refractivity contribution is 0.0673. The van der Waals surface area contributed by atoms with Gasteiger partial charge in [-0.05, 0) is 24.8 Å². The molecule has 3 amide bonds. The summed E-state index contributed by atoms with van der Waals surface area (Å²) >= 11 is 0. The third kappa shape index (κ3) is 2.70. The second kappa shape index (κ2) is 6.14. The number of para-hydroxylation sites is 1. The van der Waals surface area contributed by atoms with Gasteiger partial charge in [0.25, 0.3) is 5.91 Å². The molecular formula is C17H21N5O2. The van der Waals surface area contributed by atoms with E-state index in [0.717, 1.165) is 56.5 Å². The van der Waals surface area contributed by atoms with Crippen LogP contribution in [0.3, 0.4) is 0 Å². The first kappa shape index (κ1) is 15.0. The highest BCUT2D eigenvalue weighted by Crippen LogP contribution is 2.23. The molecule has 2 aliphatic heterocycles. The van der Waals surface area contributed by atoms with Crippen molar-refractivity contribution < 1.29 is 9.59 Å². The monoisotopic (exact) mass is 327 g/mol. The first-order valence-electron chi connectivity index (χ1n) is 8.47. The van der Waals surface area contributed by atoms with Crippen LogP contribution >= 0.6 is 0 Å². The standard InChI is InChI=1S/C17H21N5O2/c23-16(15-13-3-1-2-4-14(13)19-20-15)21-8-5-12(6-9-21)11-22-10-7-18-17(22)24/h1-4,12H,5-11H2,(H,18,24)(H,19,20). The fourth-order valence-corrected chi connectivity index (χ4v) is 3.59. The minimum Gasteiger partial charge on any atom is -0.337 e. The molecular weight excluding hydrogens is 306 g/mol. The molecule has 0 aliphatic carbocycles. The molecule has 2 aromatic rings. The van der Waals surface area contributed by atoms with Crippen LogP contribution in [0.5, 0.6) is 0 Å². The lowest BCUT2D eigenvalue weighted by atomic mass is 9.96. The Balaban J connectivity index is 1.38. The van der Waals surface area contributed by atoms with Crippen LogP contribution < -0.4 is 5.32 Å². The zero-order chi connectivity index (χ0) is 16.5. The number of fused-ring (bicyclic) bond motifs is 1. The van der Waals surface area contributed by atoms with Gasteiger partial charge in [0.2, 0.25) is 0 Å². The largest absolute Gasteiger partial charge is 0.337 e. The number of benzene rings is 1. The molecule has 126 valence electrons. The molecule has 0 saturated carbocycles. The third-order valence-electron chi connectivity index (χ3n) is 5.00. The van der Waals surface area contributed by atoms with E-state index in [2.05, 4.69) is 15.5 Å². The number of amides is 3. The second-order valence-electron chi connectivity index (χ2n) is 6.53. The lowest BCUT2D eigenvalue weighted by Gasteiger charge is -2.33. The highest BCUT2D eigenvalue weighted by Gasteiger charge is 2.29. The summed E-state index contributed by atoms with van der Waals surface area (Å²) < 4.78 is 0. The number of carbonyl (C=O) groups is 2. The molecule has 2 N–H and O–H groups in total. The number of nitrogens with zero attached hydrogens (tertiary/aromatic N) is 3. The summed E-state index contributed by atoms with van der Waals surface area (Å²) in [5, 5.41) is 10.8. The van der Waals surface area contributed by atoms with Crippen LogP contribution in [0.15, 0.2) is 24.3 Å². The van der Waals surface area contributed by atoms with Crippen molar-refractivity contribution in [1.82, 2.24) is 25.3 Å². The number of aromatic amines is 1. The summed E-state index contributed by atoms with van der Waals surface area (Å²) in [5.74, 6) is 0.457. The van der Waals surface area contributed by atoms with Gasteiger partial charge in [-0.1, -0.05) is 18.2 Å². The van der Waals surface area contributed by atoms with Crippen LogP contribution in [0.4, 0.5) is 4.79 Å².